The van der Waals surface area contributed by atoms with Crippen LogP contribution in [0.4, 0.5) is 5.82 Å². The van der Waals surface area contributed by atoms with Gasteiger partial charge in [0.1, 0.15) is 5.82 Å². The van der Waals surface area contributed by atoms with E-state index >= 15 is 0 Å². The fourth-order valence-corrected chi connectivity index (χ4v) is 1.90. The maximum absolute atomic E-state index is 5.80. The Kier molecular flexibility index (Phi) is 2.64. The maximum atomic E-state index is 5.80. The van der Waals surface area contributed by atoms with Crippen molar-refractivity contribution in [2.45, 2.75) is 13.0 Å². The molecule has 0 saturated heterocycles. The largest absolute Gasteiger partial charge is 0.384 e. The van der Waals surface area contributed by atoms with Crippen molar-refractivity contribution in [2.75, 3.05) is 5.73 Å². The molecule has 3 rings (SSSR count). The molecular weight excluding hydrogens is 240 g/mol. The lowest BCUT2D eigenvalue weighted by molar-refractivity contribution is 0.812. The minimum absolute atomic E-state index is 0.0216. The fourth-order valence-electron chi connectivity index (χ4n) is 1.90. The van der Waals surface area contributed by atoms with Gasteiger partial charge in [-0.2, -0.15) is 5.10 Å². The van der Waals surface area contributed by atoms with Crippen molar-refractivity contribution in [3.63, 3.8) is 0 Å². The van der Waals surface area contributed by atoms with Crippen molar-refractivity contribution in [3.8, 4) is 11.3 Å². The standard InChI is InChI=1S/C13H14N6/c1-7(14)8-2-3-11(16-5-8)9-4-10-12(15)18-19-13(10)17-6-9/h2-7H,14H2,1H3,(H3,15,17,18,19)/t7-/m1/s1. The van der Waals surface area contributed by atoms with Crippen molar-refractivity contribution in [1.29, 1.82) is 0 Å². The number of H-pyrrole nitrogens is 1. The van der Waals surface area contributed by atoms with Gasteiger partial charge in [-0.25, -0.2) is 4.98 Å². The summed E-state index contributed by atoms with van der Waals surface area (Å²) < 4.78 is 0. The number of aromatic nitrogens is 4. The fraction of sp³-hybridized carbons (Fsp3) is 0.154. The first-order valence-corrected chi connectivity index (χ1v) is 5.96. The van der Waals surface area contributed by atoms with Gasteiger partial charge in [0.2, 0.25) is 0 Å². The summed E-state index contributed by atoms with van der Waals surface area (Å²) in [5.41, 5.74) is 14.9. The lowest BCUT2D eigenvalue weighted by atomic mass is 10.1. The molecule has 5 N–H and O–H groups in total. The van der Waals surface area contributed by atoms with Gasteiger partial charge in [0.05, 0.1) is 11.1 Å². The summed E-state index contributed by atoms with van der Waals surface area (Å²) in [4.78, 5) is 8.65. The van der Waals surface area contributed by atoms with Crippen LogP contribution in [-0.2, 0) is 0 Å². The van der Waals surface area contributed by atoms with E-state index in [0.29, 0.717) is 11.5 Å². The molecular formula is C13H14N6. The molecule has 0 aromatic carbocycles. The van der Waals surface area contributed by atoms with E-state index in [1.165, 1.54) is 0 Å². The summed E-state index contributed by atoms with van der Waals surface area (Å²) in [7, 11) is 0. The van der Waals surface area contributed by atoms with Gasteiger partial charge in [0.15, 0.2) is 5.65 Å². The lowest BCUT2D eigenvalue weighted by Crippen LogP contribution is -2.05. The summed E-state index contributed by atoms with van der Waals surface area (Å²) >= 11 is 0. The highest BCUT2D eigenvalue weighted by molar-refractivity contribution is 5.88. The molecule has 0 saturated carbocycles. The number of pyridine rings is 2. The predicted molar refractivity (Wildman–Crippen MR) is 74.1 cm³/mol. The van der Waals surface area contributed by atoms with Crippen LogP contribution in [0.15, 0.2) is 30.6 Å². The van der Waals surface area contributed by atoms with E-state index in [0.717, 1.165) is 22.2 Å². The minimum Gasteiger partial charge on any atom is -0.384 e. The molecule has 1 atom stereocenters. The summed E-state index contributed by atoms with van der Waals surface area (Å²) in [5, 5.41) is 7.50. The normalized spacial score (nSPS) is 12.7. The highest BCUT2D eigenvalue weighted by atomic mass is 15.2. The average molecular weight is 254 g/mol. The van der Waals surface area contributed by atoms with Crippen molar-refractivity contribution < 1.29 is 0 Å². The van der Waals surface area contributed by atoms with Gasteiger partial charge >= 0.3 is 0 Å². The van der Waals surface area contributed by atoms with Gasteiger partial charge < -0.3 is 11.5 Å². The number of rotatable bonds is 2. The Morgan fingerprint density at radius 3 is 2.74 bits per heavy atom. The minimum atomic E-state index is -0.0216. The van der Waals surface area contributed by atoms with Crippen LogP contribution in [0.25, 0.3) is 22.3 Å². The Balaban J connectivity index is 2.05. The van der Waals surface area contributed by atoms with E-state index < -0.39 is 0 Å². The van der Waals surface area contributed by atoms with Gasteiger partial charge in [0.25, 0.3) is 0 Å². The molecule has 19 heavy (non-hydrogen) atoms. The lowest BCUT2D eigenvalue weighted by Gasteiger charge is -2.06. The smallest absolute Gasteiger partial charge is 0.183 e. The molecule has 3 aromatic heterocycles. The van der Waals surface area contributed by atoms with Crippen LogP contribution in [0.3, 0.4) is 0 Å². The molecule has 3 heterocycles. The number of nitrogens with one attached hydrogen (secondary N) is 1. The average Bonchev–Trinajstić information content (AvgIpc) is 2.80. The van der Waals surface area contributed by atoms with E-state index in [1.807, 2.05) is 25.1 Å². The number of nitrogens with zero attached hydrogens (tertiary/aromatic N) is 3. The number of nitrogen functional groups attached to an aromatic ring is 1. The summed E-state index contributed by atoms with van der Waals surface area (Å²) in [5.74, 6) is 0.511. The van der Waals surface area contributed by atoms with Crippen LogP contribution >= 0.6 is 0 Å². The van der Waals surface area contributed by atoms with Crippen molar-refractivity contribution in [1.82, 2.24) is 20.2 Å². The van der Waals surface area contributed by atoms with Crippen LogP contribution in [0.1, 0.15) is 18.5 Å². The SMILES string of the molecule is C[C@@H](N)c1ccc(-c2cnc3n[nH]c(N)c3c2)nc1. The zero-order chi connectivity index (χ0) is 13.4. The van der Waals surface area contributed by atoms with Crippen molar-refractivity contribution >= 4 is 16.9 Å². The molecule has 6 heteroatoms. The highest BCUT2D eigenvalue weighted by Crippen LogP contribution is 2.23. The first kappa shape index (κ1) is 11.6. The van der Waals surface area contributed by atoms with Gasteiger partial charge in [-0.3, -0.25) is 10.1 Å². The van der Waals surface area contributed by atoms with Gasteiger partial charge in [0, 0.05) is 24.0 Å². The number of hydrogen-bond donors (Lipinski definition) is 3. The zero-order valence-electron chi connectivity index (χ0n) is 10.5. The number of hydrogen-bond acceptors (Lipinski definition) is 5. The molecule has 0 aliphatic carbocycles. The van der Waals surface area contributed by atoms with Crippen LogP contribution in [0.2, 0.25) is 0 Å². The predicted octanol–water partition coefficient (Wildman–Crippen LogP) is 1.62. The molecule has 0 bridgehead atoms. The molecule has 0 fully saturated rings. The molecule has 0 spiro atoms. The first-order valence-electron chi connectivity index (χ1n) is 5.96. The van der Waals surface area contributed by atoms with E-state index in [2.05, 4.69) is 20.2 Å². The van der Waals surface area contributed by atoms with E-state index in [1.54, 1.807) is 12.4 Å². The second-order valence-corrected chi connectivity index (χ2v) is 4.50. The van der Waals surface area contributed by atoms with Crippen molar-refractivity contribution in [2.24, 2.45) is 5.73 Å². The Labute approximate surface area is 109 Å². The Morgan fingerprint density at radius 2 is 2.05 bits per heavy atom. The molecule has 6 nitrogen and oxygen atoms in total. The van der Waals surface area contributed by atoms with E-state index in [9.17, 15) is 0 Å². The maximum Gasteiger partial charge on any atom is 0.183 e. The number of nitrogens with two attached hydrogens (primary N) is 2. The van der Waals surface area contributed by atoms with E-state index in [-0.39, 0.29) is 6.04 Å². The molecule has 0 amide bonds. The number of anilines is 1. The number of aromatic amines is 1. The van der Waals surface area contributed by atoms with Crippen LogP contribution in [0.5, 0.6) is 0 Å². The molecule has 0 aliphatic heterocycles. The Bertz CT molecular complexity index is 714. The van der Waals surface area contributed by atoms with Gasteiger partial charge in [-0.15, -0.1) is 0 Å². The number of fused-ring (bicyclic) bond motifs is 1. The zero-order valence-corrected chi connectivity index (χ0v) is 10.5. The Hall–Kier alpha value is -2.47. The molecule has 0 aliphatic rings. The molecule has 0 unspecified atom stereocenters. The quantitative estimate of drug-likeness (QED) is 0.644. The van der Waals surface area contributed by atoms with Crippen LogP contribution in [0, 0.1) is 0 Å². The topological polar surface area (TPSA) is 106 Å². The Morgan fingerprint density at radius 1 is 1.21 bits per heavy atom. The summed E-state index contributed by atoms with van der Waals surface area (Å²) in [6.45, 7) is 1.93. The third-order valence-corrected chi connectivity index (χ3v) is 3.05. The third-order valence-electron chi connectivity index (χ3n) is 3.05. The summed E-state index contributed by atoms with van der Waals surface area (Å²) in [6, 6.07) is 5.80. The second kappa shape index (κ2) is 4.33. The van der Waals surface area contributed by atoms with Gasteiger partial charge in [-0.1, -0.05) is 6.07 Å². The second-order valence-electron chi connectivity index (χ2n) is 4.50. The van der Waals surface area contributed by atoms with Crippen molar-refractivity contribution in [3.05, 3.63) is 36.2 Å². The van der Waals surface area contributed by atoms with Crippen LogP contribution < -0.4 is 11.5 Å². The van der Waals surface area contributed by atoms with E-state index in [4.69, 9.17) is 11.5 Å². The molecule has 96 valence electrons. The third kappa shape index (κ3) is 2.02. The van der Waals surface area contributed by atoms with Gasteiger partial charge in [-0.05, 0) is 24.6 Å². The first-order chi connectivity index (χ1) is 9.15. The monoisotopic (exact) mass is 254 g/mol. The molecule has 3 aromatic rings. The highest BCUT2D eigenvalue weighted by Gasteiger charge is 2.07. The molecule has 0 radical (unpaired) electrons. The van der Waals surface area contributed by atoms with Crippen LogP contribution in [-0.4, -0.2) is 20.2 Å². The summed E-state index contributed by atoms with van der Waals surface area (Å²) in [6.07, 6.45) is 3.51.